The van der Waals surface area contributed by atoms with Crippen molar-refractivity contribution in [3.05, 3.63) is 12.4 Å². The van der Waals surface area contributed by atoms with Crippen LogP contribution in [0, 0.1) is 0 Å². The number of nitrogens with zero attached hydrogens (tertiary/aromatic N) is 3. The van der Waals surface area contributed by atoms with Crippen LogP contribution in [0.15, 0.2) is 22.7 Å². The maximum Gasteiger partial charge on any atom is 0.433 e. The molecule has 0 saturated heterocycles. The zero-order chi connectivity index (χ0) is 11.5. The number of rotatable bonds is 2. The Morgan fingerprint density at radius 1 is 1.81 bits per heavy atom. The summed E-state index contributed by atoms with van der Waals surface area (Å²) in [6.07, 6.45) is 3.85. The molecule has 0 bridgehead atoms. The second-order valence-electron chi connectivity index (χ2n) is 3.17. The van der Waals surface area contributed by atoms with Crippen molar-refractivity contribution in [2.75, 3.05) is 7.05 Å². The van der Waals surface area contributed by atoms with E-state index in [9.17, 15) is 4.79 Å². The molecule has 0 fully saturated rings. The second-order valence-corrected chi connectivity index (χ2v) is 4.34. The van der Waals surface area contributed by atoms with Gasteiger partial charge >= 0.3 is 6.09 Å². The Morgan fingerprint density at radius 2 is 2.62 bits per heavy atom. The van der Waals surface area contributed by atoms with Crippen molar-refractivity contribution in [2.24, 2.45) is 5.16 Å². The number of carbonyl (C=O) groups excluding carboxylic acids is 1. The summed E-state index contributed by atoms with van der Waals surface area (Å²) < 4.78 is 1.84. The molecule has 6 nitrogen and oxygen atoms in total. The minimum atomic E-state index is -0.569. The summed E-state index contributed by atoms with van der Waals surface area (Å²) in [6.45, 7) is 2.06. The molecule has 2 heterocycles. The van der Waals surface area contributed by atoms with Crippen molar-refractivity contribution in [3.8, 4) is 0 Å². The molecule has 0 aromatic carbocycles. The van der Waals surface area contributed by atoms with Crippen molar-refractivity contribution in [2.45, 2.75) is 23.8 Å². The highest BCUT2D eigenvalue weighted by atomic mass is 32.2. The standard InChI is InChI=1S/C9H12N4O2S/c1-3-6-7(12-15-9(14)10-2)13-5-4-11-8(13)16-6/h4-6H,3H2,1-2H3,(H,10,14). The van der Waals surface area contributed by atoms with Crippen LogP contribution in [0.1, 0.15) is 13.3 Å². The van der Waals surface area contributed by atoms with Crippen LogP contribution in [-0.2, 0) is 4.84 Å². The minimum absolute atomic E-state index is 0.188. The van der Waals surface area contributed by atoms with Gasteiger partial charge in [0.05, 0.1) is 5.25 Å². The van der Waals surface area contributed by atoms with Gasteiger partial charge in [0.25, 0.3) is 0 Å². The second kappa shape index (κ2) is 4.56. The molecule has 1 aliphatic rings. The van der Waals surface area contributed by atoms with Crippen LogP contribution in [0.3, 0.4) is 0 Å². The number of fused-ring (bicyclic) bond motifs is 1. The van der Waals surface area contributed by atoms with Gasteiger partial charge < -0.3 is 5.32 Å². The molecule has 1 atom stereocenters. The van der Waals surface area contributed by atoms with Gasteiger partial charge in [-0.05, 0) is 6.42 Å². The van der Waals surface area contributed by atoms with Gasteiger partial charge in [0.1, 0.15) is 0 Å². The van der Waals surface area contributed by atoms with E-state index in [-0.39, 0.29) is 5.25 Å². The predicted molar refractivity (Wildman–Crippen MR) is 60.5 cm³/mol. The van der Waals surface area contributed by atoms with Gasteiger partial charge in [-0.25, -0.2) is 9.78 Å². The summed E-state index contributed by atoms with van der Waals surface area (Å²) in [5, 5.41) is 7.28. The van der Waals surface area contributed by atoms with Gasteiger partial charge in [-0.1, -0.05) is 23.8 Å². The van der Waals surface area contributed by atoms with Crippen molar-refractivity contribution in [3.63, 3.8) is 0 Å². The number of oxime groups is 1. The average molecular weight is 240 g/mol. The van der Waals surface area contributed by atoms with Crippen molar-refractivity contribution >= 4 is 23.7 Å². The van der Waals surface area contributed by atoms with Crippen LogP contribution in [0.5, 0.6) is 0 Å². The van der Waals surface area contributed by atoms with Crippen molar-refractivity contribution in [1.29, 1.82) is 0 Å². The van der Waals surface area contributed by atoms with Crippen LogP contribution in [-0.4, -0.2) is 33.8 Å². The molecular weight excluding hydrogens is 228 g/mol. The molecule has 1 aromatic rings. The topological polar surface area (TPSA) is 68.5 Å². The molecule has 0 aliphatic carbocycles. The molecule has 0 saturated carbocycles. The lowest BCUT2D eigenvalue weighted by molar-refractivity contribution is 0.152. The third-order valence-electron chi connectivity index (χ3n) is 2.19. The van der Waals surface area contributed by atoms with Crippen molar-refractivity contribution in [1.82, 2.24) is 14.9 Å². The first-order valence-electron chi connectivity index (χ1n) is 4.93. The molecule has 7 heteroatoms. The Labute approximate surface area is 97.1 Å². The highest BCUT2D eigenvalue weighted by Crippen LogP contribution is 2.32. The van der Waals surface area contributed by atoms with E-state index >= 15 is 0 Å². The molecule has 86 valence electrons. The third-order valence-corrected chi connectivity index (χ3v) is 3.53. The number of imidazole rings is 1. The Hall–Kier alpha value is -1.50. The average Bonchev–Trinajstić information content (AvgIpc) is 2.85. The minimum Gasteiger partial charge on any atom is -0.323 e. The van der Waals surface area contributed by atoms with E-state index in [4.69, 9.17) is 4.84 Å². The number of carbonyl (C=O) groups is 1. The molecular formula is C9H12N4O2S. The van der Waals surface area contributed by atoms with E-state index in [1.807, 2.05) is 10.8 Å². The van der Waals surface area contributed by atoms with E-state index in [2.05, 4.69) is 22.4 Å². The SMILES string of the molecule is CCC1Sc2nccn2C1=NOC(=O)NC. The molecule has 1 amide bonds. The maximum atomic E-state index is 10.9. The lowest BCUT2D eigenvalue weighted by atomic mass is 10.3. The van der Waals surface area contributed by atoms with Gasteiger partial charge in [-0.2, -0.15) is 0 Å². The zero-order valence-corrected chi connectivity index (χ0v) is 9.82. The van der Waals surface area contributed by atoms with Gasteiger partial charge in [0.15, 0.2) is 11.0 Å². The first-order valence-corrected chi connectivity index (χ1v) is 5.81. The normalized spacial score (nSPS) is 20.9. The molecule has 1 aliphatic heterocycles. The fourth-order valence-corrected chi connectivity index (χ4v) is 2.46. The third kappa shape index (κ3) is 1.90. The van der Waals surface area contributed by atoms with E-state index in [1.165, 1.54) is 7.05 Å². The summed E-state index contributed by atoms with van der Waals surface area (Å²) >= 11 is 1.62. The predicted octanol–water partition coefficient (Wildman–Crippen LogP) is 1.28. The Morgan fingerprint density at radius 3 is 3.31 bits per heavy atom. The van der Waals surface area contributed by atoms with E-state index in [1.54, 1.807) is 18.0 Å². The molecule has 1 aromatic heterocycles. The molecule has 0 radical (unpaired) electrons. The highest BCUT2D eigenvalue weighted by Gasteiger charge is 2.29. The van der Waals surface area contributed by atoms with Gasteiger partial charge in [-0.15, -0.1) is 0 Å². The van der Waals surface area contributed by atoms with Gasteiger partial charge in [0, 0.05) is 19.4 Å². The Kier molecular flexibility index (Phi) is 3.14. The molecule has 2 rings (SSSR count). The Bertz CT molecular complexity index is 429. The van der Waals surface area contributed by atoms with E-state index in [0.717, 1.165) is 11.6 Å². The Balaban J connectivity index is 2.21. The quantitative estimate of drug-likeness (QED) is 0.624. The van der Waals surface area contributed by atoms with Crippen LogP contribution >= 0.6 is 11.8 Å². The summed E-state index contributed by atoms with van der Waals surface area (Å²) in [6, 6.07) is 0. The molecule has 0 spiro atoms. The number of thioether (sulfide) groups is 1. The lowest BCUT2D eigenvalue weighted by Gasteiger charge is -2.06. The number of nitrogens with one attached hydrogen (secondary N) is 1. The largest absolute Gasteiger partial charge is 0.433 e. The monoisotopic (exact) mass is 240 g/mol. The fourth-order valence-electron chi connectivity index (χ4n) is 1.39. The number of amides is 1. The van der Waals surface area contributed by atoms with Crippen molar-refractivity contribution < 1.29 is 9.63 Å². The maximum absolute atomic E-state index is 10.9. The smallest absolute Gasteiger partial charge is 0.323 e. The number of aromatic nitrogens is 2. The van der Waals surface area contributed by atoms with Gasteiger partial charge in [0.2, 0.25) is 0 Å². The summed E-state index contributed by atoms with van der Waals surface area (Å²) in [7, 11) is 1.49. The van der Waals surface area contributed by atoms with E-state index < -0.39 is 6.09 Å². The first kappa shape index (κ1) is 11.0. The summed E-state index contributed by atoms with van der Waals surface area (Å²) in [4.78, 5) is 19.8. The molecule has 16 heavy (non-hydrogen) atoms. The molecule has 1 N–H and O–H groups in total. The van der Waals surface area contributed by atoms with Gasteiger partial charge in [-0.3, -0.25) is 9.40 Å². The van der Waals surface area contributed by atoms with E-state index in [0.29, 0.717) is 5.84 Å². The van der Waals surface area contributed by atoms with Crippen LogP contribution < -0.4 is 5.32 Å². The van der Waals surface area contributed by atoms with Crippen LogP contribution in [0.4, 0.5) is 4.79 Å². The highest BCUT2D eigenvalue weighted by molar-refractivity contribution is 8.00. The first-order chi connectivity index (χ1) is 7.76. The zero-order valence-electron chi connectivity index (χ0n) is 9.01. The van der Waals surface area contributed by atoms with Crippen LogP contribution in [0.2, 0.25) is 0 Å². The number of hydrogen-bond donors (Lipinski definition) is 1. The number of hydrogen-bond acceptors (Lipinski definition) is 5. The summed E-state index contributed by atoms with van der Waals surface area (Å²) in [5.74, 6) is 0.712. The lowest BCUT2D eigenvalue weighted by Crippen LogP contribution is -2.22. The van der Waals surface area contributed by atoms with Crippen LogP contribution in [0.25, 0.3) is 0 Å². The fraction of sp³-hybridized carbons (Fsp3) is 0.444. The summed E-state index contributed by atoms with van der Waals surface area (Å²) in [5.41, 5.74) is 0. The molecule has 1 unspecified atom stereocenters.